The van der Waals surface area contributed by atoms with Gasteiger partial charge in [-0.2, -0.15) is 0 Å². The number of nitrogens with two attached hydrogens (primary N) is 1. The van der Waals surface area contributed by atoms with E-state index in [4.69, 9.17) is 29.6 Å². The highest BCUT2D eigenvalue weighted by Crippen LogP contribution is 2.08. The molecule has 0 fully saturated rings. The lowest BCUT2D eigenvalue weighted by Crippen LogP contribution is -2.37. The van der Waals surface area contributed by atoms with Gasteiger partial charge in [0.1, 0.15) is 5.69 Å². The van der Waals surface area contributed by atoms with Crippen molar-refractivity contribution in [1.82, 2.24) is 9.88 Å². The average molecular weight is 258 g/mol. The molecule has 0 aliphatic heterocycles. The van der Waals surface area contributed by atoms with E-state index < -0.39 is 0 Å². The highest BCUT2D eigenvalue weighted by molar-refractivity contribution is 7.80. The van der Waals surface area contributed by atoms with Gasteiger partial charge in [0.15, 0.2) is 0 Å². The molecule has 86 valence electrons. The fourth-order valence-electron chi connectivity index (χ4n) is 1.18. The lowest BCUT2D eigenvalue weighted by atomic mass is 10.3. The molecule has 0 aromatic carbocycles. The number of rotatable bonds is 4. The Kier molecular flexibility index (Phi) is 4.64. The molecule has 4 nitrogen and oxygen atoms in total. The Labute approximate surface area is 104 Å². The Morgan fingerprint density at radius 3 is 2.75 bits per heavy atom. The summed E-state index contributed by atoms with van der Waals surface area (Å²) < 4.78 is 0. The van der Waals surface area contributed by atoms with Gasteiger partial charge >= 0.3 is 0 Å². The van der Waals surface area contributed by atoms with Gasteiger partial charge in [0, 0.05) is 12.7 Å². The van der Waals surface area contributed by atoms with E-state index in [0.717, 1.165) is 0 Å². The summed E-state index contributed by atoms with van der Waals surface area (Å²) >= 11 is 10.5. The molecule has 0 saturated carbocycles. The van der Waals surface area contributed by atoms with Crippen LogP contribution in [-0.2, 0) is 0 Å². The summed E-state index contributed by atoms with van der Waals surface area (Å²) in [5.41, 5.74) is 5.74. The van der Waals surface area contributed by atoms with Crippen molar-refractivity contribution in [3.05, 3.63) is 29.0 Å². The zero-order valence-electron chi connectivity index (χ0n) is 8.81. The van der Waals surface area contributed by atoms with E-state index in [2.05, 4.69) is 4.98 Å². The summed E-state index contributed by atoms with van der Waals surface area (Å²) in [5, 5.41) is 0.494. The minimum absolute atomic E-state index is 0.202. The van der Waals surface area contributed by atoms with Crippen LogP contribution in [0, 0.1) is 0 Å². The second-order valence-corrected chi connectivity index (χ2v) is 4.11. The molecule has 0 spiro atoms. The zero-order valence-corrected chi connectivity index (χ0v) is 10.4. The number of pyridine rings is 1. The van der Waals surface area contributed by atoms with E-state index in [9.17, 15) is 4.79 Å². The first-order valence-corrected chi connectivity index (χ1v) is 5.52. The van der Waals surface area contributed by atoms with Crippen molar-refractivity contribution in [3.8, 4) is 0 Å². The maximum absolute atomic E-state index is 11.9. The molecule has 0 bridgehead atoms. The van der Waals surface area contributed by atoms with Crippen LogP contribution < -0.4 is 5.73 Å². The second-order valence-electron chi connectivity index (χ2n) is 3.15. The van der Waals surface area contributed by atoms with Crippen LogP contribution in [0.4, 0.5) is 0 Å². The minimum atomic E-state index is -0.202. The number of nitrogens with zero attached hydrogens (tertiary/aromatic N) is 2. The molecule has 1 amide bonds. The number of carbonyl (C=O) groups excluding carboxylic acids is 1. The molecule has 0 atom stereocenters. The maximum Gasteiger partial charge on any atom is 0.272 e. The van der Waals surface area contributed by atoms with Crippen LogP contribution in [0.25, 0.3) is 0 Å². The number of hydrogen-bond donors (Lipinski definition) is 1. The number of hydrogen-bond acceptors (Lipinski definition) is 3. The Morgan fingerprint density at radius 1 is 1.62 bits per heavy atom. The highest BCUT2D eigenvalue weighted by atomic mass is 35.5. The third-order valence-electron chi connectivity index (χ3n) is 1.96. The van der Waals surface area contributed by atoms with Crippen LogP contribution in [0.15, 0.2) is 18.3 Å². The molecule has 16 heavy (non-hydrogen) atoms. The lowest BCUT2D eigenvalue weighted by molar-refractivity contribution is 0.0782. The smallest absolute Gasteiger partial charge is 0.272 e. The minimum Gasteiger partial charge on any atom is -0.392 e. The zero-order chi connectivity index (χ0) is 12.1. The molecule has 1 aromatic rings. The first-order chi connectivity index (χ1) is 7.54. The SMILES string of the molecule is CCN(CC(N)=S)C(=O)c1ccc(Cl)cn1. The van der Waals surface area contributed by atoms with Crippen LogP contribution in [-0.4, -0.2) is 33.9 Å². The van der Waals surface area contributed by atoms with Crippen molar-refractivity contribution >= 4 is 34.7 Å². The van der Waals surface area contributed by atoms with Crippen molar-refractivity contribution in [2.45, 2.75) is 6.92 Å². The third-order valence-corrected chi connectivity index (χ3v) is 2.31. The van der Waals surface area contributed by atoms with Crippen molar-refractivity contribution in [2.75, 3.05) is 13.1 Å². The Balaban J connectivity index is 2.82. The van der Waals surface area contributed by atoms with E-state index >= 15 is 0 Å². The molecule has 0 saturated heterocycles. The number of carbonyl (C=O) groups is 1. The predicted molar refractivity (Wildman–Crippen MR) is 67.6 cm³/mol. The molecule has 1 heterocycles. The predicted octanol–water partition coefficient (Wildman–Crippen LogP) is 1.48. The summed E-state index contributed by atoms with van der Waals surface area (Å²) in [4.78, 5) is 17.7. The third kappa shape index (κ3) is 3.43. The first kappa shape index (κ1) is 12.9. The van der Waals surface area contributed by atoms with E-state index in [1.165, 1.54) is 11.1 Å². The summed E-state index contributed by atoms with van der Waals surface area (Å²) in [7, 11) is 0. The molecule has 0 radical (unpaired) electrons. The van der Waals surface area contributed by atoms with Crippen LogP contribution in [0.5, 0.6) is 0 Å². The van der Waals surface area contributed by atoms with Crippen LogP contribution in [0.2, 0.25) is 5.02 Å². The molecule has 0 aliphatic carbocycles. The number of likely N-dealkylation sites (N-methyl/N-ethyl adjacent to an activating group) is 1. The largest absolute Gasteiger partial charge is 0.392 e. The van der Waals surface area contributed by atoms with Gasteiger partial charge < -0.3 is 10.6 Å². The van der Waals surface area contributed by atoms with Gasteiger partial charge in [-0.1, -0.05) is 23.8 Å². The van der Waals surface area contributed by atoms with Crippen molar-refractivity contribution in [2.24, 2.45) is 5.73 Å². The van der Waals surface area contributed by atoms with Gasteiger partial charge in [0.25, 0.3) is 5.91 Å². The maximum atomic E-state index is 11.9. The molecular weight excluding hydrogens is 246 g/mol. The van der Waals surface area contributed by atoms with Crippen LogP contribution in [0.1, 0.15) is 17.4 Å². The van der Waals surface area contributed by atoms with Crippen molar-refractivity contribution in [1.29, 1.82) is 0 Å². The fourth-order valence-corrected chi connectivity index (χ4v) is 1.45. The monoisotopic (exact) mass is 257 g/mol. The Hall–Kier alpha value is -1.20. The van der Waals surface area contributed by atoms with Gasteiger partial charge in [-0.25, -0.2) is 4.98 Å². The molecule has 0 unspecified atom stereocenters. The Morgan fingerprint density at radius 2 is 2.31 bits per heavy atom. The molecule has 2 N–H and O–H groups in total. The highest BCUT2D eigenvalue weighted by Gasteiger charge is 2.15. The number of amides is 1. The van der Waals surface area contributed by atoms with E-state index in [0.29, 0.717) is 17.3 Å². The van der Waals surface area contributed by atoms with Crippen LogP contribution >= 0.6 is 23.8 Å². The van der Waals surface area contributed by atoms with Gasteiger partial charge in [-0.15, -0.1) is 0 Å². The fraction of sp³-hybridized carbons (Fsp3) is 0.300. The van der Waals surface area contributed by atoms with E-state index in [1.807, 2.05) is 6.92 Å². The standard InChI is InChI=1S/C10H12ClN3OS/c1-2-14(6-9(12)16)10(15)8-4-3-7(11)5-13-8/h3-5H,2,6H2,1H3,(H2,12,16). The second kappa shape index (κ2) is 5.77. The quantitative estimate of drug-likeness (QED) is 0.831. The first-order valence-electron chi connectivity index (χ1n) is 4.73. The van der Waals surface area contributed by atoms with Gasteiger partial charge in [-0.05, 0) is 19.1 Å². The molecule has 1 aromatic heterocycles. The van der Waals surface area contributed by atoms with E-state index in [-0.39, 0.29) is 17.4 Å². The van der Waals surface area contributed by atoms with Gasteiger partial charge in [0.2, 0.25) is 0 Å². The lowest BCUT2D eigenvalue weighted by Gasteiger charge is -2.19. The molecule has 6 heteroatoms. The molecule has 1 rings (SSSR count). The summed E-state index contributed by atoms with van der Waals surface area (Å²) in [5.74, 6) is -0.202. The summed E-state index contributed by atoms with van der Waals surface area (Å²) in [6.07, 6.45) is 1.43. The van der Waals surface area contributed by atoms with Gasteiger partial charge in [0.05, 0.1) is 16.6 Å². The summed E-state index contributed by atoms with van der Waals surface area (Å²) in [6, 6.07) is 3.20. The van der Waals surface area contributed by atoms with Crippen molar-refractivity contribution < 1.29 is 4.79 Å². The number of thiocarbonyl (C=S) groups is 1. The molecular formula is C10H12ClN3OS. The van der Waals surface area contributed by atoms with Gasteiger partial charge in [-0.3, -0.25) is 4.79 Å². The van der Waals surface area contributed by atoms with Crippen LogP contribution in [0.3, 0.4) is 0 Å². The normalized spacial score (nSPS) is 9.88. The number of aromatic nitrogens is 1. The Bertz CT molecular complexity index is 394. The topological polar surface area (TPSA) is 59.2 Å². The van der Waals surface area contributed by atoms with E-state index in [1.54, 1.807) is 12.1 Å². The average Bonchev–Trinajstić information content (AvgIpc) is 2.25. The number of halogens is 1. The summed E-state index contributed by atoms with van der Waals surface area (Å²) in [6.45, 7) is 2.64. The molecule has 0 aliphatic rings. The van der Waals surface area contributed by atoms with Crippen molar-refractivity contribution in [3.63, 3.8) is 0 Å².